The van der Waals surface area contributed by atoms with Crippen molar-refractivity contribution in [1.82, 2.24) is 0 Å². The van der Waals surface area contributed by atoms with Crippen LogP contribution in [0.5, 0.6) is 0 Å². The highest BCUT2D eigenvalue weighted by molar-refractivity contribution is 4.99. The molecule has 0 spiro atoms. The lowest BCUT2D eigenvalue weighted by Gasteiger charge is -2.19. The van der Waals surface area contributed by atoms with Gasteiger partial charge in [0, 0.05) is 12.3 Å². The van der Waals surface area contributed by atoms with Gasteiger partial charge >= 0.3 is 0 Å². The first-order valence-electron chi connectivity index (χ1n) is 3.93. The van der Waals surface area contributed by atoms with Crippen LogP contribution >= 0.6 is 0 Å². The second-order valence-corrected chi connectivity index (χ2v) is 3.15. The molecule has 0 aliphatic carbocycles. The van der Waals surface area contributed by atoms with Gasteiger partial charge < -0.3 is 0 Å². The molecular weight excluding hydrogens is 146 g/mol. The third-order valence-electron chi connectivity index (χ3n) is 1.72. The van der Waals surface area contributed by atoms with Crippen molar-refractivity contribution in [2.45, 2.75) is 40.0 Å². The first-order chi connectivity index (χ1) is 4.90. The Labute approximate surface area is 67.3 Å². The Hall–Kier alpha value is -0.400. The second-order valence-electron chi connectivity index (χ2n) is 3.15. The summed E-state index contributed by atoms with van der Waals surface area (Å²) in [6.07, 6.45) is 1.53. The molecule has 1 unspecified atom stereocenters. The molecule has 0 fully saturated rings. The van der Waals surface area contributed by atoms with E-state index in [9.17, 15) is 8.78 Å². The Bertz CT molecular complexity index is 144. The second kappa shape index (κ2) is 3.84. The van der Waals surface area contributed by atoms with Gasteiger partial charge in [-0.05, 0) is 13.8 Å². The fourth-order valence-electron chi connectivity index (χ4n) is 0.944. The first kappa shape index (κ1) is 10.6. The molecule has 0 rings (SSSR count). The van der Waals surface area contributed by atoms with Crippen molar-refractivity contribution in [1.29, 1.82) is 0 Å². The predicted molar refractivity (Wildman–Crippen MR) is 43.8 cm³/mol. The van der Waals surface area contributed by atoms with E-state index >= 15 is 0 Å². The van der Waals surface area contributed by atoms with E-state index in [2.05, 4.69) is 0 Å². The maximum absolute atomic E-state index is 12.9. The monoisotopic (exact) mass is 162 g/mol. The third-order valence-corrected chi connectivity index (χ3v) is 1.72. The van der Waals surface area contributed by atoms with Crippen LogP contribution in [0.1, 0.15) is 34.1 Å². The largest absolute Gasteiger partial charge is 0.253 e. The van der Waals surface area contributed by atoms with Crippen LogP contribution < -0.4 is 0 Å². The van der Waals surface area contributed by atoms with Gasteiger partial charge in [0.1, 0.15) is 0 Å². The highest BCUT2D eigenvalue weighted by Crippen LogP contribution is 2.29. The minimum Gasteiger partial charge on any atom is -0.206 e. The highest BCUT2D eigenvalue weighted by atomic mass is 19.3. The minimum atomic E-state index is -2.54. The van der Waals surface area contributed by atoms with Gasteiger partial charge in [0.15, 0.2) is 0 Å². The summed E-state index contributed by atoms with van der Waals surface area (Å²) < 4.78 is 25.7. The molecule has 66 valence electrons. The summed E-state index contributed by atoms with van der Waals surface area (Å²) in [5.74, 6) is -3.19. The van der Waals surface area contributed by atoms with Crippen LogP contribution in [-0.2, 0) is 0 Å². The highest BCUT2D eigenvalue weighted by Gasteiger charge is 2.32. The molecule has 11 heavy (non-hydrogen) atoms. The van der Waals surface area contributed by atoms with Gasteiger partial charge in [-0.3, -0.25) is 0 Å². The molecule has 0 heterocycles. The molecule has 0 aromatic heterocycles. The van der Waals surface area contributed by atoms with E-state index < -0.39 is 11.8 Å². The zero-order chi connectivity index (χ0) is 9.07. The van der Waals surface area contributed by atoms with E-state index in [1.165, 1.54) is 6.92 Å². The molecule has 0 nitrogen and oxygen atoms in total. The molecule has 0 N–H and O–H groups in total. The third kappa shape index (κ3) is 3.49. The molecule has 0 aliphatic heterocycles. The maximum Gasteiger partial charge on any atom is 0.253 e. The van der Waals surface area contributed by atoms with Crippen molar-refractivity contribution in [2.75, 3.05) is 0 Å². The molecule has 2 heteroatoms. The van der Waals surface area contributed by atoms with Gasteiger partial charge in [-0.2, -0.15) is 0 Å². The molecule has 0 aromatic rings. The van der Waals surface area contributed by atoms with Crippen molar-refractivity contribution in [2.24, 2.45) is 5.92 Å². The summed E-state index contributed by atoms with van der Waals surface area (Å²) in [5, 5.41) is 0. The average Bonchev–Trinajstić information content (AvgIpc) is 1.86. The zero-order valence-electron chi connectivity index (χ0n) is 7.62. The smallest absolute Gasteiger partial charge is 0.206 e. The summed E-state index contributed by atoms with van der Waals surface area (Å²) in [4.78, 5) is 0. The van der Waals surface area contributed by atoms with Crippen LogP contribution in [0.15, 0.2) is 11.6 Å². The van der Waals surface area contributed by atoms with Gasteiger partial charge in [0.2, 0.25) is 0 Å². The average molecular weight is 162 g/mol. The lowest BCUT2D eigenvalue weighted by Crippen LogP contribution is -2.23. The van der Waals surface area contributed by atoms with Crippen LogP contribution in [0.3, 0.4) is 0 Å². The Morgan fingerprint density at radius 3 is 2.18 bits per heavy atom. The summed E-state index contributed by atoms with van der Waals surface area (Å²) in [5.41, 5.74) is 0.950. The quantitative estimate of drug-likeness (QED) is 0.556. The van der Waals surface area contributed by atoms with E-state index in [4.69, 9.17) is 0 Å². The molecule has 1 atom stereocenters. The first-order valence-corrected chi connectivity index (χ1v) is 3.93. The molecule has 0 aromatic carbocycles. The van der Waals surface area contributed by atoms with E-state index in [0.717, 1.165) is 5.57 Å². The number of rotatable bonds is 3. The van der Waals surface area contributed by atoms with E-state index in [-0.39, 0.29) is 6.42 Å². The molecule has 0 aliphatic rings. The minimum absolute atomic E-state index is 0.0854. The molecule has 0 amide bonds. The summed E-state index contributed by atoms with van der Waals surface area (Å²) in [6.45, 7) is 6.73. The number of hydrogen-bond donors (Lipinski definition) is 0. The van der Waals surface area contributed by atoms with E-state index in [1.54, 1.807) is 13.0 Å². The maximum atomic E-state index is 12.9. The Kier molecular flexibility index (Phi) is 3.70. The number of allylic oxidation sites excluding steroid dienone is 2. The van der Waals surface area contributed by atoms with Gasteiger partial charge in [0.05, 0.1) is 0 Å². The van der Waals surface area contributed by atoms with Crippen LogP contribution in [0, 0.1) is 5.92 Å². The van der Waals surface area contributed by atoms with Gasteiger partial charge in [-0.25, -0.2) is 8.78 Å². The lowest BCUT2D eigenvalue weighted by atomic mass is 9.99. The Morgan fingerprint density at radius 2 is 1.91 bits per heavy atom. The zero-order valence-corrected chi connectivity index (χ0v) is 7.62. The molecule has 0 saturated carbocycles. The van der Waals surface area contributed by atoms with Crippen molar-refractivity contribution < 1.29 is 8.78 Å². The summed E-state index contributed by atoms with van der Waals surface area (Å²) >= 11 is 0. The van der Waals surface area contributed by atoms with Crippen molar-refractivity contribution >= 4 is 0 Å². The van der Waals surface area contributed by atoms with Crippen LogP contribution in [0.2, 0.25) is 0 Å². The Morgan fingerprint density at radius 1 is 1.45 bits per heavy atom. The SMILES string of the molecule is CCC(F)(F)C(C)C=C(C)C. The van der Waals surface area contributed by atoms with Crippen LogP contribution in [0.4, 0.5) is 8.78 Å². The van der Waals surface area contributed by atoms with E-state index in [0.29, 0.717) is 0 Å². The van der Waals surface area contributed by atoms with Crippen LogP contribution in [-0.4, -0.2) is 5.92 Å². The van der Waals surface area contributed by atoms with Gasteiger partial charge in [-0.1, -0.05) is 25.5 Å². The fourth-order valence-corrected chi connectivity index (χ4v) is 0.944. The molecule has 0 bridgehead atoms. The van der Waals surface area contributed by atoms with Gasteiger partial charge in [0.25, 0.3) is 5.92 Å². The lowest BCUT2D eigenvalue weighted by molar-refractivity contribution is -0.0377. The molecular formula is C9H16F2. The summed E-state index contributed by atoms with van der Waals surface area (Å²) in [7, 11) is 0. The van der Waals surface area contributed by atoms with Gasteiger partial charge in [-0.15, -0.1) is 0 Å². The molecule has 0 saturated heterocycles. The number of alkyl halides is 2. The normalized spacial score (nSPS) is 14.4. The predicted octanol–water partition coefficient (Wildman–Crippen LogP) is 3.63. The Balaban J connectivity index is 4.24. The fraction of sp³-hybridized carbons (Fsp3) is 0.778. The van der Waals surface area contributed by atoms with E-state index in [1.807, 2.05) is 13.8 Å². The molecule has 0 radical (unpaired) electrons. The van der Waals surface area contributed by atoms with Crippen molar-refractivity contribution in [3.8, 4) is 0 Å². The van der Waals surface area contributed by atoms with Crippen molar-refractivity contribution in [3.05, 3.63) is 11.6 Å². The standard InChI is InChI=1S/C9H16F2/c1-5-9(10,11)8(4)6-7(2)3/h6,8H,5H2,1-4H3. The van der Waals surface area contributed by atoms with Crippen molar-refractivity contribution in [3.63, 3.8) is 0 Å². The van der Waals surface area contributed by atoms with Crippen LogP contribution in [0.25, 0.3) is 0 Å². The summed E-state index contributed by atoms with van der Waals surface area (Å²) in [6, 6.07) is 0. The topological polar surface area (TPSA) is 0 Å². The number of hydrogen-bond acceptors (Lipinski definition) is 0. The number of halogens is 2.